The van der Waals surface area contributed by atoms with E-state index in [4.69, 9.17) is 5.73 Å². The Bertz CT molecular complexity index is 1440. The Labute approximate surface area is 202 Å². The number of sulfonamides is 1. The van der Waals surface area contributed by atoms with Gasteiger partial charge in [-0.25, -0.2) is 13.2 Å². The molecule has 1 aromatic heterocycles. The van der Waals surface area contributed by atoms with Crippen LogP contribution in [-0.2, 0) is 16.6 Å². The van der Waals surface area contributed by atoms with Gasteiger partial charge in [-0.2, -0.15) is 4.31 Å². The van der Waals surface area contributed by atoms with Gasteiger partial charge in [0.25, 0.3) is 11.5 Å². The number of anilines is 2. The maximum Gasteiger partial charge on any atom is 0.330 e. The lowest BCUT2D eigenvalue weighted by molar-refractivity contribution is 0.0988. The molecule has 4 rings (SSSR count). The van der Waals surface area contributed by atoms with Crippen LogP contribution in [-0.4, -0.2) is 47.8 Å². The predicted octanol–water partition coefficient (Wildman–Crippen LogP) is 1.62. The van der Waals surface area contributed by atoms with Crippen molar-refractivity contribution in [2.24, 2.45) is 0 Å². The molecule has 1 amide bonds. The number of aromatic amines is 1. The molecule has 35 heavy (non-hydrogen) atoms. The average molecular weight is 498 g/mol. The molecule has 3 N–H and O–H groups in total. The normalized spacial score (nSPS) is 14.2. The molecule has 0 radical (unpaired) electrons. The smallest absolute Gasteiger partial charge is 0.330 e. The van der Waals surface area contributed by atoms with Crippen LogP contribution in [0.25, 0.3) is 0 Å². The number of nitrogens with two attached hydrogens (primary N) is 1. The first-order valence-corrected chi connectivity index (χ1v) is 12.8. The highest BCUT2D eigenvalue weighted by Gasteiger charge is 2.28. The molecule has 10 nitrogen and oxygen atoms in total. The number of aromatic nitrogens is 2. The second-order valence-electron chi connectivity index (χ2n) is 8.25. The lowest BCUT2D eigenvalue weighted by atomic mass is 10.2. The molecule has 0 bridgehead atoms. The molecule has 1 saturated heterocycles. The minimum Gasteiger partial charge on any atom is -0.383 e. The largest absolute Gasteiger partial charge is 0.383 e. The van der Waals surface area contributed by atoms with Crippen LogP contribution in [0.1, 0.15) is 35.7 Å². The highest BCUT2D eigenvalue weighted by Crippen LogP contribution is 2.23. The molecule has 1 aliphatic rings. The van der Waals surface area contributed by atoms with Crippen LogP contribution in [0.3, 0.4) is 0 Å². The van der Waals surface area contributed by atoms with E-state index in [1.165, 1.54) is 38.0 Å². The summed E-state index contributed by atoms with van der Waals surface area (Å²) in [4.78, 5) is 42.0. The van der Waals surface area contributed by atoms with Crippen molar-refractivity contribution in [2.75, 3.05) is 30.3 Å². The molecule has 0 unspecified atom stereocenters. The number of nitrogen functional groups attached to an aromatic ring is 1. The number of amides is 1. The lowest BCUT2D eigenvalue weighted by Crippen LogP contribution is -2.41. The zero-order chi connectivity index (χ0) is 25.2. The molecule has 11 heteroatoms. The van der Waals surface area contributed by atoms with Crippen LogP contribution in [0.4, 0.5) is 11.5 Å². The summed E-state index contributed by atoms with van der Waals surface area (Å²) in [6, 6.07) is 14.7. The van der Waals surface area contributed by atoms with E-state index in [-0.39, 0.29) is 35.1 Å². The summed E-state index contributed by atoms with van der Waals surface area (Å²) >= 11 is 0. The van der Waals surface area contributed by atoms with Crippen molar-refractivity contribution in [1.29, 1.82) is 0 Å². The second kappa shape index (κ2) is 9.88. The standard InChI is InChI=1S/C24H27N5O5S/c1-2-28(20-21(25)29(24(32)26-22(20)30)16-17-8-4-3-5-9-17)23(31)18-10-12-19(13-11-18)35(33,34)27-14-6-7-15-27/h3-5,8-13H,2,6-7,14-16,25H2,1H3,(H,26,30,32). The van der Waals surface area contributed by atoms with E-state index >= 15 is 0 Å². The van der Waals surface area contributed by atoms with E-state index < -0.39 is 27.2 Å². The van der Waals surface area contributed by atoms with Crippen molar-refractivity contribution in [2.45, 2.75) is 31.2 Å². The summed E-state index contributed by atoms with van der Waals surface area (Å²) < 4.78 is 28.2. The number of hydrogen-bond acceptors (Lipinski definition) is 6. The van der Waals surface area contributed by atoms with Gasteiger partial charge in [-0.3, -0.25) is 19.1 Å². The second-order valence-corrected chi connectivity index (χ2v) is 10.2. The van der Waals surface area contributed by atoms with Gasteiger partial charge in [0.1, 0.15) is 5.82 Å². The summed E-state index contributed by atoms with van der Waals surface area (Å²) in [7, 11) is -3.62. The van der Waals surface area contributed by atoms with E-state index in [2.05, 4.69) is 4.98 Å². The fourth-order valence-electron chi connectivity index (χ4n) is 4.17. The number of hydrogen-bond donors (Lipinski definition) is 2. The van der Waals surface area contributed by atoms with E-state index in [1.54, 1.807) is 6.92 Å². The molecule has 1 fully saturated rings. The number of benzene rings is 2. The van der Waals surface area contributed by atoms with E-state index in [0.717, 1.165) is 18.4 Å². The van der Waals surface area contributed by atoms with Crippen molar-refractivity contribution < 1.29 is 13.2 Å². The molecule has 3 aromatic rings. The molecule has 2 heterocycles. The summed E-state index contributed by atoms with van der Waals surface area (Å²) in [5.41, 5.74) is 5.63. The molecule has 0 spiro atoms. The number of nitrogens with one attached hydrogen (secondary N) is 1. The first-order valence-electron chi connectivity index (χ1n) is 11.3. The minimum absolute atomic E-state index is 0.101. The summed E-state index contributed by atoms with van der Waals surface area (Å²) in [6.45, 7) is 2.85. The van der Waals surface area contributed by atoms with Crippen LogP contribution in [0, 0.1) is 0 Å². The average Bonchev–Trinajstić information content (AvgIpc) is 3.41. The quantitative estimate of drug-likeness (QED) is 0.509. The molecule has 0 aliphatic carbocycles. The van der Waals surface area contributed by atoms with Crippen LogP contribution < -0.4 is 21.9 Å². The summed E-state index contributed by atoms with van der Waals surface area (Å²) in [6.07, 6.45) is 1.65. The van der Waals surface area contributed by atoms with Crippen molar-refractivity contribution >= 4 is 27.4 Å². The van der Waals surface area contributed by atoms with Gasteiger partial charge in [0, 0.05) is 25.2 Å². The molecule has 1 aliphatic heterocycles. The lowest BCUT2D eigenvalue weighted by Gasteiger charge is -2.23. The third kappa shape index (κ3) is 4.77. The maximum absolute atomic E-state index is 13.3. The van der Waals surface area contributed by atoms with Crippen LogP contribution in [0.5, 0.6) is 0 Å². The molecule has 184 valence electrons. The Morgan fingerprint density at radius 3 is 2.26 bits per heavy atom. The maximum atomic E-state index is 13.3. The fourth-order valence-corrected chi connectivity index (χ4v) is 5.68. The van der Waals surface area contributed by atoms with Crippen molar-refractivity contribution in [1.82, 2.24) is 13.9 Å². The molecular formula is C24H27N5O5S. The number of rotatable bonds is 7. The van der Waals surface area contributed by atoms with Gasteiger partial charge < -0.3 is 10.6 Å². The third-order valence-corrected chi connectivity index (χ3v) is 7.95. The molecule has 0 saturated carbocycles. The van der Waals surface area contributed by atoms with Gasteiger partial charge in [0.05, 0.1) is 11.4 Å². The SMILES string of the molecule is CCN(C(=O)c1ccc(S(=O)(=O)N2CCCC2)cc1)c1c(N)n(Cc2ccccc2)c(=O)[nH]c1=O. The van der Waals surface area contributed by atoms with Crippen molar-refractivity contribution in [3.63, 3.8) is 0 Å². The molecule has 0 atom stereocenters. The highest BCUT2D eigenvalue weighted by atomic mass is 32.2. The topological polar surface area (TPSA) is 139 Å². The van der Waals surface area contributed by atoms with Crippen LogP contribution in [0.2, 0.25) is 0 Å². The Morgan fingerprint density at radius 1 is 1.03 bits per heavy atom. The number of carbonyl (C=O) groups excluding carboxylic acids is 1. The Kier molecular flexibility index (Phi) is 6.90. The Hall–Kier alpha value is -3.70. The predicted molar refractivity (Wildman–Crippen MR) is 133 cm³/mol. The molecular weight excluding hydrogens is 470 g/mol. The summed E-state index contributed by atoms with van der Waals surface area (Å²) in [5, 5.41) is 0. The number of nitrogens with zero attached hydrogens (tertiary/aromatic N) is 3. The third-order valence-electron chi connectivity index (χ3n) is 6.03. The highest BCUT2D eigenvalue weighted by molar-refractivity contribution is 7.89. The zero-order valence-corrected chi connectivity index (χ0v) is 20.1. The fraction of sp³-hybridized carbons (Fsp3) is 0.292. The number of H-pyrrole nitrogens is 1. The Morgan fingerprint density at radius 2 is 1.66 bits per heavy atom. The monoisotopic (exact) mass is 497 g/mol. The first kappa shape index (κ1) is 24.4. The molecule has 2 aromatic carbocycles. The van der Waals surface area contributed by atoms with Gasteiger partial charge in [-0.05, 0) is 49.6 Å². The van der Waals surface area contributed by atoms with Gasteiger partial charge in [0.15, 0.2) is 5.69 Å². The summed E-state index contributed by atoms with van der Waals surface area (Å²) in [5.74, 6) is -0.675. The minimum atomic E-state index is -3.62. The van der Waals surface area contributed by atoms with Crippen LogP contribution >= 0.6 is 0 Å². The van der Waals surface area contributed by atoms with Crippen LogP contribution in [0.15, 0.2) is 69.1 Å². The van der Waals surface area contributed by atoms with Gasteiger partial charge in [-0.15, -0.1) is 0 Å². The number of carbonyl (C=O) groups is 1. The van der Waals surface area contributed by atoms with Gasteiger partial charge in [0.2, 0.25) is 10.0 Å². The van der Waals surface area contributed by atoms with Crippen molar-refractivity contribution in [3.8, 4) is 0 Å². The van der Waals surface area contributed by atoms with E-state index in [1.807, 2.05) is 30.3 Å². The van der Waals surface area contributed by atoms with E-state index in [9.17, 15) is 22.8 Å². The van der Waals surface area contributed by atoms with E-state index in [0.29, 0.717) is 13.1 Å². The Balaban J connectivity index is 1.67. The van der Waals surface area contributed by atoms with Gasteiger partial charge in [-0.1, -0.05) is 30.3 Å². The van der Waals surface area contributed by atoms with Crippen molar-refractivity contribution in [3.05, 3.63) is 86.6 Å². The van der Waals surface area contributed by atoms with Gasteiger partial charge >= 0.3 is 5.69 Å². The first-order chi connectivity index (χ1) is 16.7. The zero-order valence-electron chi connectivity index (χ0n) is 19.3.